The van der Waals surface area contributed by atoms with Crippen molar-refractivity contribution in [3.63, 3.8) is 0 Å². The van der Waals surface area contributed by atoms with Gasteiger partial charge in [-0.2, -0.15) is 0 Å². The second-order valence-corrected chi connectivity index (χ2v) is 7.04. The van der Waals surface area contributed by atoms with Gasteiger partial charge in [0.1, 0.15) is 11.8 Å². The van der Waals surface area contributed by atoms with Crippen molar-refractivity contribution in [2.75, 3.05) is 19.8 Å². The molecule has 30 heavy (non-hydrogen) atoms. The number of amides is 2. The number of carboxylic acid groups (broad SMARTS) is 1. The van der Waals surface area contributed by atoms with Gasteiger partial charge < -0.3 is 21.1 Å². The number of nitrogens with zero attached hydrogens (tertiary/aromatic N) is 1. The van der Waals surface area contributed by atoms with Crippen LogP contribution in [-0.4, -0.2) is 81.8 Å². The van der Waals surface area contributed by atoms with E-state index in [1.54, 1.807) is 30.3 Å². The van der Waals surface area contributed by atoms with Gasteiger partial charge in [0.2, 0.25) is 5.91 Å². The van der Waals surface area contributed by atoms with Gasteiger partial charge in [-0.3, -0.25) is 25.1 Å². The van der Waals surface area contributed by atoms with Crippen LogP contribution in [0.15, 0.2) is 30.3 Å². The zero-order valence-corrected chi connectivity index (χ0v) is 16.2. The molecule has 1 aromatic rings. The van der Waals surface area contributed by atoms with Gasteiger partial charge in [-0.25, -0.2) is 9.80 Å². The number of Topliss-reactive ketones (excluding diaryl/α,β-unsaturated/α-hetero) is 1. The number of carbonyl (C=O) groups is 4. The van der Waals surface area contributed by atoms with Gasteiger partial charge in [0.15, 0.2) is 6.04 Å². The first kappa shape index (κ1) is 23.4. The van der Waals surface area contributed by atoms with Crippen LogP contribution in [0, 0.1) is 5.92 Å². The summed E-state index contributed by atoms with van der Waals surface area (Å²) in [7, 11) is 0. The molecule has 4 unspecified atom stereocenters. The lowest BCUT2D eigenvalue weighted by molar-refractivity contribution is -0.159. The van der Waals surface area contributed by atoms with Crippen molar-refractivity contribution in [1.82, 2.24) is 15.8 Å². The molecular weight excluding hydrogens is 396 g/mol. The Bertz CT molecular complexity index is 773. The lowest BCUT2D eigenvalue weighted by atomic mass is 9.93. The molecule has 0 radical (unpaired) electrons. The first-order valence-corrected chi connectivity index (χ1v) is 9.41. The molecule has 11 heteroatoms. The molecule has 1 aliphatic heterocycles. The molecule has 1 aromatic carbocycles. The summed E-state index contributed by atoms with van der Waals surface area (Å²) in [4.78, 5) is 49.9. The molecule has 2 rings (SSSR count). The maximum atomic E-state index is 13.0. The summed E-state index contributed by atoms with van der Waals surface area (Å²) in [5.41, 5.74) is 8.63. The van der Waals surface area contributed by atoms with E-state index in [-0.39, 0.29) is 19.4 Å². The molecule has 164 valence electrons. The molecule has 0 saturated carbocycles. The van der Waals surface area contributed by atoms with Crippen LogP contribution in [0.2, 0.25) is 0 Å². The highest BCUT2D eigenvalue weighted by Crippen LogP contribution is 2.14. The predicted octanol–water partition coefficient (Wildman–Crippen LogP) is -2.60. The number of carboxylic acids is 1. The number of hydrogen-bond donors (Lipinski definition) is 6. The summed E-state index contributed by atoms with van der Waals surface area (Å²) < 4.78 is 0. The Morgan fingerprint density at radius 3 is 2.43 bits per heavy atom. The smallest absolute Gasteiger partial charge is 0.328 e. The number of nitrogens with one attached hydrogen (secondary N) is 2. The molecule has 0 bridgehead atoms. The second-order valence-electron chi connectivity index (χ2n) is 7.04. The van der Waals surface area contributed by atoms with E-state index in [9.17, 15) is 34.5 Å². The highest BCUT2D eigenvalue weighted by Gasteiger charge is 2.39. The third-order valence-corrected chi connectivity index (χ3v) is 4.87. The maximum Gasteiger partial charge on any atom is 0.328 e. The number of ketones is 1. The number of carbonyl (C=O) groups excluding carboxylic acids is 3. The Labute approximate surface area is 172 Å². The van der Waals surface area contributed by atoms with E-state index in [0.717, 1.165) is 0 Å². The minimum Gasteiger partial charge on any atom is -0.480 e. The molecule has 4 atom stereocenters. The number of hydrogen-bond acceptors (Lipinski definition) is 8. The number of nitrogens with two attached hydrogens (primary N) is 1. The average Bonchev–Trinajstić information content (AvgIpc) is 2.74. The number of aliphatic hydroxyl groups is 2. The fourth-order valence-electron chi connectivity index (χ4n) is 3.13. The fraction of sp³-hybridized carbons (Fsp3) is 0.474. The number of rotatable bonds is 7. The summed E-state index contributed by atoms with van der Waals surface area (Å²) >= 11 is 0. The molecule has 0 spiro atoms. The summed E-state index contributed by atoms with van der Waals surface area (Å²) in [5.74, 6) is -4.77. The second kappa shape index (κ2) is 10.8. The Morgan fingerprint density at radius 2 is 1.87 bits per heavy atom. The van der Waals surface area contributed by atoms with Crippen LogP contribution in [-0.2, 0) is 25.6 Å². The van der Waals surface area contributed by atoms with E-state index >= 15 is 0 Å². The monoisotopic (exact) mass is 422 g/mol. The van der Waals surface area contributed by atoms with Crippen molar-refractivity contribution in [3.05, 3.63) is 35.9 Å². The average molecular weight is 422 g/mol. The third kappa shape index (κ3) is 5.83. The standard InChI is InChI=1S/C19H26N4O7/c20-14(9-24)13-7-12(26)8-21-15(10-25)18(28)23(22-17(13)27)16(19(29)30)6-11-4-2-1-3-5-11/h1-5,13-16,21,24-25H,6-10,20H2,(H,22,27)(H,29,30). The molecule has 0 aromatic heterocycles. The van der Waals surface area contributed by atoms with Crippen LogP contribution in [0.1, 0.15) is 12.0 Å². The minimum absolute atomic E-state index is 0.115. The third-order valence-electron chi connectivity index (χ3n) is 4.87. The normalized spacial score (nSPS) is 22.9. The van der Waals surface area contributed by atoms with Gasteiger partial charge in [-0.05, 0) is 5.56 Å². The van der Waals surface area contributed by atoms with Gasteiger partial charge in [-0.15, -0.1) is 0 Å². The predicted molar refractivity (Wildman–Crippen MR) is 104 cm³/mol. The van der Waals surface area contributed by atoms with Crippen LogP contribution in [0.4, 0.5) is 0 Å². The van der Waals surface area contributed by atoms with Crippen LogP contribution in [0.25, 0.3) is 0 Å². The first-order chi connectivity index (χ1) is 14.3. The van der Waals surface area contributed by atoms with Crippen molar-refractivity contribution in [1.29, 1.82) is 0 Å². The molecule has 1 fully saturated rings. The van der Waals surface area contributed by atoms with Gasteiger partial charge >= 0.3 is 5.97 Å². The largest absolute Gasteiger partial charge is 0.480 e. The van der Waals surface area contributed by atoms with Crippen molar-refractivity contribution < 1.29 is 34.5 Å². The van der Waals surface area contributed by atoms with Gasteiger partial charge in [0.05, 0.1) is 25.7 Å². The summed E-state index contributed by atoms with van der Waals surface area (Å²) in [6.45, 7) is -1.63. The van der Waals surface area contributed by atoms with Crippen molar-refractivity contribution in [2.45, 2.75) is 31.0 Å². The van der Waals surface area contributed by atoms with Crippen molar-refractivity contribution in [2.24, 2.45) is 11.7 Å². The Balaban J connectivity index is 2.41. The fourth-order valence-corrected chi connectivity index (χ4v) is 3.13. The van der Waals surface area contributed by atoms with E-state index in [0.29, 0.717) is 10.6 Å². The maximum absolute atomic E-state index is 13.0. The zero-order chi connectivity index (χ0) is 22.3. The summed E-state index contributed by atoms with van der Waals surface area (Å²) in [6.07, 6.45) is -0.437. The van der Waals surface area contributed by atoms with Crippen LogP contribution >= 0.6 is 0 Å². The van der Waals surface area contributed by atoms with E-state index in [4.69, 9.17) is 5.73 Å². The highest BCUT2D eigenvalue weighted by atomic mass is 16.4. The molecule has 1 aliphatic rings. The number of aliphatic carboxylic acids is 1. The molecular formula is C19H26N4O7. The van der Waals surface area contributed by atoms with Gasteiger partial charge in [-0.1, -0.05) is 30.3 Å². The van der Waals surface area contributed by atoms with Gasteiger partial charge in [0.25, 0.3) is 5.91 Å². The molecule has 7 N–H and O–H groups in total. The van der Waals surface area contributed by atoms with Crippen LogP contribution in [0.3, 0.4) is 0 Å². The minimum atomic E-state index is -1.49. The van der Waals surface area contributed by atoms with Crippen molar-refractivity contribution in [3.8, 4) is 0 Å². The SMILES string of the molecule is NC(CO)C1CC(=O)CNC(CO)C(=O)N(C(Cc2ccccc2)C(=O)O)NC1=O. The quantitative estimate of drug-likeness (QED) is 0.274. The topological polar surface area (TPSA) is 182 Å². The Hall–Kier alpha value is -2.86. The molecule has 0 aliphatic carbocycles. The number of benzene rings is 1. The first-order valence-electron chi connectivity index (χ1n) is 9.41. The highest BCUT2D eigenvalue weighted by molar-refractivity contribution is 5.93. The summed E-state index contributed by atoms with van der Waals surface area (Å²) in [5, 5.41) is 31.9. The summed E-state index contributed by atoms with van der Waals surface area (Å²) in [6, 6.07) is 4.64. The Kier molecular flexibility index (Phi) is 8.42. The molecule has 2 amide bonds. The molecule has 11 nitrogen and oxygen atoms in total. The number of hydrazine groups is 1. The van der Waals surface area contributed by atoms with Crippen molar-refractivity contribution >= 4 is 23.6 Å². The molecule has 1 saturated heterocycles. The van der Waals surface area contributed by atoms with E-state index in [2.05, 4.69) is 10.7 Å². The van der Waals surface area contributed by atoms with Crippen LogP contribution in [0.5, 0.6) is 0 Å². The van der Waals surface area contributed by atoms with Crippen LogP contribution < -0.4 is 16.5 Å². The van der Waals surface area contributed by atoms with E-state index in [1.807, 2.05) is 0 Å². The number of aliphatic hydroxyl groups excluding tert-OH is 2. The van der Waals surface area contributed by atoms with Gasteiger partial charge in [0, 0.05) is 18.9 Å². The lowest BCUT2D eigenvalue weighted by Crippen LogP contribution is -2.64. The zero-order valence-electron chi connectivity index (χ0n) is 16.2. The lowest BCUT2D eigenvalue weighted by Gasteiger charge is -2.34. The van der Waals surface area contributed by atoms with E-state index < -0.39 is 60.8 Å². The Morgan fingerprint density at radius 1 is 1.20 bits per heavy atom. The molecule has 1 heterocycles. The van der Waals surface area contributed by atoms with E-state index in [1.165, 1.54) is 0 Å².